The second kappa shape index (κ2) is 7.81. The molecule has 1 saturated heterocycles. The van der Waals surface area contributed by atoms with Crippen LogP contribution in [0.2, 0.25) is 5.02 Å². The third-order valence-corrected chi connectivity index (χ3v) is 5.97. The van der Waals surface area contributed by atoms with Gasteiger partial charge in [0.25, 0.3) is 0 Å². The summed E-state index contributed by atoms with van der Waals surface area (Å²) in [5.74, 6) is -0.154. The molecule has 158 valence electrons. The number of carbonyl (C=O) groups is 1. The minimum Gasteiger partial charge on any atom is -0.452 e. The van der Waals surface area contributed by atoms with E-state index in [1.807, 2.05) is 18.2 Å². The number of furan rings is 1. The van der Waals surface area contributed by atoms with Crippen LogP contribution in [0.25, 0.3) is 21.9 Å². The first kappa shape index (κ1) is 19.8. The van der Waals surface area contributed by atoms with E-state index < -0.39 is 6.61 Å². The number of halogens is 3. The number of benzene rings is 2. The number of ether oxygens (including phenoxy) is 1. The monoisotopic (exact) mass is 442 g/mol. The number of fused-ring (bicyclic) bond motifs is 3. The van der Waals surface area contributed by atoms with Crippen molar-refractivity contribution in [2.45, 2.75) is 25.5 Å². The van der Waals surface area contributed by atoms with Crippen molar-refractivity contribution in [3.63, 3.8) is 0 Å². The van der Waals surface area contributed by atoms with Gasteiger partial charge < -0.3 is 14.1 Å². The second-order valence-corrected chi connectivity index (χ2v) is 7.88. The van der Waals surface area contributed by atoms with E-state index in [0.717, 1.165) is 11.1 Å². The van der Waals surface area contributed by atoms with E-state index in [1.54, 1.807) is 35.5 Å². The van der Waals surface area contributed by atoms with Gasteiger partial charge in [-0.1, -0.05) is 35.9 Å². The predicted molar refractivity (Wildman–Crippen MR) is 112 cm³/mol. The Bertz CT molecular complexity index is 1290. The lowest BCUT2D eigenvalue weighted by Crippen LogP contribution is -2.24. The van der Waals surface area contributed by atoms with Crippen LogP contribution in [0.15, 0.2) is 59.3 Å². The number of aromatic nitrogens is 1. The normalized spacial score (nSPS) is 16.7. The fourth-order valence-corrected chi connectivity index (χ4v) is 4.42. The Morgan fingerprint density at radius 3 is 2.87 bits per heavy atom. The van der Waals surface area contributed by atoms with Crippen LogP contribution in [-0.4, -0.2) is 28.9 Å². The Morgan fingerprint density at radius 2 is 2.06 bits per heavy atom. The van der Waals surface area contributed by atoms with Crippen LogP contribution in [0.3, 0.4) is 0 Å². The molecule has 1 atom stereocenters. The maximum atomic E-state index is 12.9. The predicted octanol–water partition coefficient (Wildman–Crippen LogP) is 5.75. The molecule has 2 aromatic heterocycles. The zero-order valence-corrected chi connectivity index (χ0v) is 17.0. The van der Waals surface area contributed by atoms with Crippen LogP contribution in [0.5, 0.6) is 5.75 Å². The number of amides is 1. The number of hydrogen-bond donors (Lipinski definition) is 0. The van der Waals surface area contributed by atoms with E-state index in [2.05, 4.69) is 9.72 Å². The van der Waals surface area contributed by atoms with Gasteiger partial charge in [0.15, 0.2) is 11.3 Å². The van der Waals surface area contributed by atoms with E-state index in [-0.39, 0.29) is 23.2 Å². The van der Waals surface area contributed by atoms with E-state index in [4.69, 9.17) is 16.0 Å². The van der Waals surface area contributed by atoms with Gasteiger partial charge in [-0.05, 0) is 29.3 Å². The van der Waals surface area contributed by atoms with Gasteiger partial charge >= 0.3 is 6.61 Å². The SMILES string of the molecule is O=C1CC(c2ccc(OC(F)F)c3oc4ccncc4c23)CN1Cc1ccccc1Cl. The molecule has 4 aromatic rings. The Kier molecular flexibility index (Phi) is 4.98. The van der Waals surface area contributed by atoms with E-state index in [0.29, 0.717) is 40.9 Å². The summed E-state index contributed by atoms with van der Waals surface area (Å²) in [6.45, 7) is -2.07. The zero-order valence-electron chi connectivity index (χ0n) is 16.2. The lowest BCUT2D eigenvalue weighted by molar-refractivity contribution is -0.128. The molecule has 5 nitrogen and oxygen atoms in total. The largest absolute Gasteiger partial charge is 0.452 e. The third-order valence-electron chi connectivity index (χ3n) is 5.61. The number of hydrogen-bond acceptors (Lipinski definition) is 4. The second-order valence-electron chi connectivity index (χ2n) is 7.48. The van der Waals surface area contributed by atoms with Gasteiger partial charge in [0.05, 0.1) is 0 Å². The van der Waals surface area contributed by atoms with Crippen molar-refractivity contribution >= 4 is 39.4 Å². The highest BCUT2D eigenvalue weighted by molar-refractivity contribution is 6.31. The van der Waals surface area contributed by atoms with Gasteiger partial charge in [-0.3, -0.25) is 9.78 Å². The minimum absolute atomic E-state index is 0.0110. The zero-order chi connectivity index (χ0) is 21.5. The number of nitrogens with zero attached hydrogens (tertiary/aromatic N) is 2. The Hall–Kier alpha value is -3.19. The van der Waals surface area contributed by atoms with Crippen molar-refractivity contribution in [3.05, 3.63) is 71.0 Å². The molecule has 1 aliphatic heterocycles. The lowest BCUT2D eigenvalue weighted by Gasteiger charge is -2.18. The lowest BCUT2D eigenvalue weighted by atomic mass is 9.93. The van der Waals surface area contributed by atoms with E-state index >= 15 is 0 Å². The van der Waals surface area contributed by atoms with Crippen molar-refractivity contribution in [1.82, 2.24) is 9.88 Å². The van der Waals surface area contributed by atoms with Crippen LogP contribution in [0.1, 0.15) is 23.5 Å². The molecule has 0 spiro atoms. The molecule has 1 amide bonds. The molecule has 1 unspecified atom stereocenters. The molecule has 0 bridgehead atoms. The number of carbonyl (C=O) groups excluding carboxylic acids is 1. The average molecular weight is 443 g/mol. The number of alkyl halides is 2. The molecule has 1 fully saturated rings. The molecule has 0 saturated carbocycles. The van der Waals surface area contributed by atoms with Gasteiger partial charge in [0.1, 0.15) is 5.58 Å². The molecule has 3 heterocycles. The molecule has 5 rings (SSSR count). The highest BCUT2D eigenvalue weighted by Crippen LogP contribution is 2.42. The highest BCUT2D eigenvalue weighted by Gasteiger charge is 2.33. The van der Waals surface area contributed by atoms with E-state index in [1.165, 1.54) is 6.07 Å². The van der Waals surface area contributed by atoms with Crippen molar-refractivity contribution in [2.24, 2.45) is 0 Å². The van der Waals surface area contributed by atoms with Crippen LogP contribution < -0.4 is 4.74 Å². The minimum atomic E-state index is -2.97. The van der Waals surface area contributed by atoms with Gasteiger partial charge in [0, 0.05) is 53.6 Å². The standard InChI is InChI=1S/C23H17ClF2N2O3/c24-17-4-2-1-3-13(17)11-28-12-14(9-20(28)29)15-5-6-19(31-23(25)26)22-21(15)16-10-27-8-7-18(16)30-22/h1-8,10,14,23H,9,11-12H2. The summed E-state index contributed by atoms with van der Waals surface area (Å²) in [7, 11) is 0. The summed E-state index contributed by atoms with van der Waals surface area (Å²) in [4.78, 5) is 18.7. The van der Waals surface area contributed by atoms with Crippen molar-refractivity contribution in [3.8, 4) is 5.75 Å². The molecule has 0 aliphatic carbocycles. The van der Waals surface area contributed by atoms with Gasteiger partial charge in [-0.25, -0.2) is 0 Å². The summed E-state index contributed by atoms with van der Waals surface area (Å²) in [6, 6.07) is 12.3. The Morgan fingerprint density at radius 1 is 1.23 bits per heavy atom. The Labute approximate surface area is 181 Å². The van der Waals surface area contributed by atoms with Crippen LogP contribution >= 0.6 is 11.6 Å². The molecule has 8 heteroatoms. The first-order valence-electron chi connectivity index (χ1n) is 9.76. The smallest absolute Gasteiger partial charge is 0.387 e. The van der Waals surface area contributed by atoms with Crippen LogP contribution in [0, 0.1) is 0 Å². The van der Waals surface area contributed by atoms with Gasteiger partial charge in [-0.2, -0.15) is 8.78 Å². The maximum absolute atomic E-state index is 12.9. The highest BCUT2D eigenvalue weighted by atomic mass is 35.5. The third kappa shape index (κ3) is 3.59. The quantitative estimate of drug-likeness (QED) is 0.395. The topological polar surface area (TPSA) is 55.6 Å². The number of pyridine rings is 1. The molecule has 0 radical (unpaired) electrons. The average Bonchev–Trinajstić information content (AvgIpc) is 3.31. The molecule has 31 heavy (non-hydrogen) atoms. The fraction of sp³-hybridized carbons (Fsp3) is 0.217. The van der Waals surface area contributed by atoms with Crippen molar-refractivity contribution in [2.75, 3.05) is 6.54 Å². The first-order chi connectivity index (χ1) is 15.0. The van der Waals surface area contributed by atoms with Crippen LogP contribution in [-0.2, 0) is 11.3 Å². The van der Waals surface area contributed by atoms with Crippen LogP contribution in [0.4, 0.5) is 8.78 Å². The Balaban J connectivity index is 1.54. The first-order valence-corrected chi connectivity index (χ1v) is 10.1. The van der Waals surface area contributed by atoms with E-state index in [9.17, 15) is 13.6 Å². The fourth-order valence-electron chi connectivity index (χ4n) is 4.22. The summed E-state index contributed by atoms with van der Waals surface area (Å²) >= 11 is 6.26. The molecular formula is C23H17ClF2N2O3. The van der Waals surface area contributed by atoms with Gasteiger partial charge in [0.2, 0.25) is 5.91 Å². The maximum Gasteiger partial charge on any atom is 0.387 e. The molecular weight excluding hydrogens is 426 g/mol. The number of likely N-dealkylation sites (tertiary alicyclic amines) is 1. The van der Waals surface area contributed by atoms with Gasteiger partial charge in [-0.15, -0.1) is 0 Å². The molecule has 0 N–H and O–H groups in total. The summed E-state index contributed by atoms with van der Waals surface area (Å²) in [5, 5.41) is 1.96. The molecule has 2 aromatic carbocycles. The number of rotatable bonds is 5. The van der Waals surface area contributed by atoms with Crippen molar-refractivity contribution in [1.29, 1.82) is 0 Å². The molecule has 1 aliphatic rings. The summed E-state index contributed by atoms with van der Waals surface area (Å²) in [6.07, 6.45) is 3.51. The summed E-state index contributed by atoms with van der Waals surface area (Å²) < 4.78 is 36.3. The summed E-state index contributed by atoms with van der Waals surface area (Å²) in [5.41, 5.74) is 2.48. The van der Waals surface area contributed by atoms with Crippen molar-refractivity contribution < 1.29 is 22.7 Å².